The summed E-state index contributed by atoms with van der Waals surface area (Å²) in [7, 11) is 0. The van der Waals surface area contributed by atoms with E-state index in [0.717, 1.165) is 54.9 Å². The van der Waals surface area contributed by atoms with Gasteiger partial charge in [-0.15, -0.1) is 0 Å². The molecular formula is C19H25N3O2. The van der Waals surface area contributed by atoms with Crippen molar-refractivity contribution in [3.05, 3.63) is 30.0 Å². The summed E-state index contributed by atoms with van der Waals surface area (Å²) in [6.45, 7) is 6.84. The minimum atomic E-state index is 0.0214. The fourth-order valence-corrected chi connectivity index (χ4v) is 3.82. The molecule has 1 N–H and O–H groups in total. The molecule has 24 heavy (non-hydrogen) atoms. The van der Waals surface area contributed by atoms with Crippen molar-refractivity contribution < 1.29 is 9.53 Å². The van der Waals surface area contributed by atoms with E-state index in [1.165, 1.54) is 12.8 Å². The van der Waals surface area contributed by atoms with Crippen molar-refractivity contribution in [1.29, 1.82) is 0 Å². The molecule has 1 saturated heterocycles. The first-order valence-electron chi connectivity index (χ1n) is 9.05. The van der Waals surface area contributed by atoms with Gasteiger partial charge in [0, 0.05) is 18.5 Å². The summed E-state index contributed by atoms with van der Waals surface area (Å²) >= 11 is 0. The highest BCUT2D eigenvalue weighted by atomic mass is 16.5. The molecule has 128 valence electrons. The van der Waals surface area contributed by atoms with Crippen LogP contribution in [-0.4, -0.2) is 47.7 Å². The second kappa shape index (κ2) is 6.48. The summed E-state index contributed by atoms with van der Waals surface area (Å²) < 4.78 is 8.17. The first kappa shape index (κ1) is 15.5. The number of carbonyl (C=O) groups is 1. The lowest BCUT2D eigenvalue weighted by molar-refractivity contribution is 0.0934. The maximum Gasteiger partial charge on any atom is 0.267 e. The number of rotatable bonds is 5. The Kier molecular flexibility index (Phi) is 4.19. The van der Waals surface area contributed by atoms with Crippen molar-refractivity contribution >= 4 is 16.8 Å². The van der Waals surface area contributed by atoms with Crippen LogP contribution in [0.4, 0.5) is 0 Å². The number of carbonyl (C=O) groups excluding carboxylic acids is 1. The van der Waals surface area contributed by atoms with Gasteiger partial charge in [-0.3, -0.25) is 4.79 Å². The Labute approximate surface area is 142 Å². The van der Waals surface area contributed by atoms with E-state index >= 15 is 0 Å². The molecule has 0 aliphatic carbocycles. The number of benzene rings is 1. The van der Waals surface area contributed by atoms with E-state index in [4.69, 9.17) is 4.74 Å². The second-order valence-corrected chi connectivity index (χ2v) is 6.79. The van der Waals surface area contributed by atoms with Crippen molar-refractivity contribution in [3.63, 3.8) is 0 Å². The van der Waals surface area contributed by atoms with Crippen LogP contribution >= 0.6 is 0 Å². The number of likely N-dealkylation sites (tertiary alicyclic amines) is 1. The van der Waals surface area contributed by atoms with Crippen LogP contribution in [0.3, 0.4) is 0 Å². The molecule has 5 nitrogen and oxygen atoms in total. The minimum Gasteiger partial charge on any atom is -0.486 e. The van der Waals surface area contributed by atoms with E-state index in [2.05, 4.69) is 21.7 Å². The standard InChI is InChI=1S/C19H25N3O2/c1-2-15-13-22-16(12-14-6-5-7-17(24-15)18(14)22)19(23)20-8-11-21-9-3-4-10-21/h5-7,12,15H,2-4,8-11,13H2,1H3,(H,20,23). The highest BCUT2D eigenvalue weighted by Crippen LogP contribution is 2.34. The lowest BCUT2D eigenvalue weighted by Gasteiger charge is -2.26. The van der Waals surface area contributed by atoms with Gasteiger partial charge < -0.3 is 19.5 Å². The van der Waals surface area contributed by atoms with Crippen LogP contribution in [0.5, 0.6) is 5.75 Å². The molecular weight excluding hydrogens is 302 g/mol. The molecule has 0 bridgehead atoms. The molecule has 3 heterocycles. The molecule has 4 rings (SSSR count). The van der Waals surface area contributed by atoms with Crippen molar-refractivity contribution in [3.8, 4) is 5.75 Å². The maximum absolute atomic E-state index is 12.7. The molecule has 1 fully saturated rings. The van der Waals surface area contributed by atoms with Gasteiger partial charge in [-0.2, -0.15) is 0 Å². The highest BCUT2D eigenvalue weighted by Gasteiger charge is 2.25. The summed E-state index contributed by atoms with van der Waals surface area (Å²) in [5, 5.41) is 4.17. The lowest BCUT2D eigenvalue weighted by Crippen LogP contribution is -2.35. The first-order chi connectivity index (χ1) is 11.8. The Bertz CT molecular complexity index is 746. The first-order valence-corrected chi connectivity index (χ1v) is 9.05. The van der Waals surface area contributed by atoms with Crippen molar-refractivity contribution in [2.24, 2.45) is 0 Å². The topological polar surface area (TPSA) is 46.5 Å². The van der Waals surface area contributed by atoms with E-state index in [1.807, 2.05) is 24.3 Å². The zero-order valence-electron chi connectivity index (χ0n) is 14.3. The summed E-state index contributed by atoms with van der Waals surface area (Å²) in [6.07, 6.45) is 3.63. The maximum atomic E-state index is 12.7. The molecule has 2 aliphatic heterocycles. The number of nitrogens with one attached hydrogen (secondary N) is 1. The van der Waals surface area contributed by atoms with E-state index in [9.17, 15) is 4.79 Å². The molecule has 2 aromatic rings. The number of nitrogens with zero attached hydrogens (tertiary/aromatic N) is 2. The molecule has 1 aromatic heterocycles. The Morgan fingerprint density at radius 1 is 1.33 bits per heavy atom. The van der Waals surface area contributed by atoms with Crippen LogP contribution in [0.2, 0.25) is 0 Å². The average molecular weight is 327 g/mol. The van der Waals surface area contributed by atoms with Gasteiger partial charge >= 0.3 is 0 Å². The van der Waals surface area contributed by atoms with Crippen molar-refractivity contribution in [2.75, 3.05) is 26.2 Å². The van der Waals surface area contributed by atoms with Gasteiger partial charge in [0.05, 0.1) is 12.1 Å². The molecule has 1 amide bonds. The van der Waals surface area contributed by atoms with Crippen LogP contribution in [0.1, 0.15) is 36.7 Å². The Morgan fingerprint density at radius 3 is 2.96 bits per heavy atom. The van der Waals surface area contributed by atoms with E-state index in [-0.39, 0.29) is 12.0 Å². The Hall–Kier alpha value is -2.01. The van der Waals surface area contributed by atoms with E-state index in [1.54, 1.807) is 0 Å². The van der Waals surface area contributed by atoms with Crippen LogP contribution in [-0.2, 0) is 6.54 Å². The van der Waals surface area contributed by atoms with E-state index in [0.29, 0.717) is 6.54 Å². The molecule has 1 unspecified atom stereocenters. The largest absolute Gasteiger partial charge is 0.486 e. The highest BCUT2D eigenvalue weighted by molar-refractivity contribution is 6.00. The van der Waals surface area contributed by atoms with Gasteiger partial charge in [0.1, 0.15) is 17.5 Å². The summed E-state index contributed by atoms with van der Waals surface area (Å²) in [5.74, 6) is 0.912. The average Bonchev–Trinajstić information content (AvgIpc) is 3.24. The number of hydrogen-bond donors (Lipinski definition) is 1. The molecule has 5 heteroatoms. The quantitative estimate of drug-likeness (QED) is 0.918. The fraction of sp³-hybridized carbons (Fsp3) is 0.526. The van der Waals surface area contributed by atoms with Gasteiger partial charge in [0.15, 0.2) is 0 Å². The summed E-state index contributed by atoms with van der Waals surface area (Å²) in [6, 6.07) is 8.03. The van der Waals surface area contributed by atoms with E-state index < -0.39 is 0 Å². The fourth-order valence-electron chi connectivity index (χ4n) is 3.82. The molecule has 0 radical (unpaired) electrons. The van der Waals surface area contributed by atoms with Crippen LogP contribution in [0.15, 0.2) is 24.3 Å². The van der Waals surface area contributed by atoms with Crippen LogP contribution in [0, 0.1) is 0 Å². The van der Waals surface area contributed by atoms with Crippen molar-refractivity contribution in [1.82, 2.24) is 14.8 Å². The normalized spacial score (nSPS) is 20.3. The Balaban J connectivity index is 1.53. The minimum absolute atomic E-state index is 0.0214. The third kappa shape index (κ3) is 2.77. The summed E-state index contributed by atoms with van der Waals surface area (Å²) in [5.41, 5.74) is 1.80. The second-order valence-electron chi connectivity index (χ2n) is 6.79. The number of hydrogen-bond acceptors (Lipinski definition) is 3. The zero-order chi connectivity index (χ0) is 16.5. The lowest BCUT2D eigenvalue weighted by atomic mass is 10.2. The number of aromatic nitrogens is 1. The third-order valence-corrected chi connectivity index (χ3v) is 5.16. The predicted molar refractivity (Wildman–Crippen MR) is 94.7 cm³/mol. The number of amides is 1. The molecule has 2 aliphatic rings. The molecule has 0 spiro atoms. The van der Waals surface area contributed by atoms with Gasteiger partial charge in [0.2, 0.25) is 0 Å². The molecule has 1 aromatic carbocycles. The van der Waals surface area contributed by atoms with Gasteiger partial charge in [-0.1, -0.05) is 19.1 Å². The molecule has 1 atom stereocenters. The van der Waals surface area contributed by atoms with Crippen molar-refractivity contribution in [2.45, 2.75) is 38.8 Å². The summed E-state index contributed by atoms with van der Waals surface area (Å²) in [4.78, 5) is 15.1. The smallest absolute Gasteiger partial charge is 0.267 e. The van der Waals surface area contributed by atoms with Gasteiger partial charge in [-0.05, 0) is 44.5 Å². The third-order valence-electron chi connectivity index (χ3n) is 5.16. The zero-order valence-corrected chi connectivity index (χ0v) is 14.3. The molecule has 0 saturated carbocycles. The number of para-hydroxylation sites is 1. The Morgan fingerprint density at radius 2 is 2.17 bits per heavy atom. The van der Waals surface area contributed by atoms with Crippen LogP contribution < -0.4 is 10.1 Å². The number of ether oxygens (including phenoxy) is 1. The monoisotopic (exact) mass is 327 g/mol. The van der Waals surface area contributed by atoms with Gasteiger partial charge in [-0.25, -0.2) is 0 Å². The predicted octanol–water partition coefficient (Wildman–Crippen LogP) is 2.64. The van der Waals surface area contributed by atoms with Gasteiger partial charge in [0.25, 0.3) is 5.91 Å². The SMILES string of the molecule is CCC1Cn2c(C(=O)NCCN3CCCC3)cc3cccc(c32)O1. The van der Waals surface area contributed by atoms with Crippen LogP contribution in [0.25, 0.3) is 10.9 Å².